The minimum Gasteiger partial charge on any atom is -0.493 e. The molecule has 0 spiro atoms. The summed E-state index contributed by atoms with van der Waals surface area (Å²) in [5.74, 6) is 2.44. The maximum absolute atomic E-state index is 12.4. The second-order valence-electron chi connectivity index (χ2n) is 5.23. The second-order valence-corrected chi connectivity index (χ2v) is 5.23. The lowest BCUT2D eigenvalue weighted by molar-refractivity contribution is 0.104. The van der Waals surface area contributed by atoms with Crippen molar-refractivity contribution in [2.45, 2.75) is 0 Å². The Morgan fingerprint density at radius 2 is 1.31 bits per heavy atom. The van der Waals surface area contributed by atoms with Crippen LogP contribution in [0.2, 0.25) is 0 Å². The third-order valence-electron chi connectivity index (χ3n) is 3.78. The SMILES string of the molecule is COc1ccc(C(=O)/C=C/c2cc(OC)c(OC)c(OC)c2)cc1OC. The summed E-state index contributed by atoms with van der Waals surface area (Å²) in [4.78, 5) is 12.4. The van der Waals surface area contributed by atoms with Crippen LogP contribution in [-0.4, -0.2) is 41.3 Å². The standard InChI is InChI=1S/C20H22O6/c1-22-16-9-7-14(12-17(16)23-2)15(21)8-6-13-10-18(24-3)20(26-5)19(11-13)25-4/h6-12H,1-5H3/b8-6+. The molecule has 0 radical (unpaired) electrons. The molecule has 0 atom stereocenters. The zero-order valence-corrected chi connectivity index (χ0v) is 15.5. The molecule has 0 unspecified atom stereocenters. The smallest absolute Gasteiger partial charge is 0.203 e. The van der Waals surface area contributed by atoms with Gasteiger partial charge in [0.1, 0.15) is 0 Å². The number of benzene rings is 2. The molecule has 0 saturated heterocycles. The highest BCUT2D eigenvalue weighted by molar-refractivity contribution is 6.07. The van der Waals surface area contributed by atoms with Crippen LogP contribution in [0.3, 0.4) is 0 Å². The largest absolute Gasteiger partial charge is 0.493 e. The van der Waals surface area contributed by atoms with Crippen molar-refractivity contribution in [2.75, 3.05) is 35.5 Å². The topological polar surface area (TPSA) is 63.2 Å². The minimum atomic E-state index is -0.167. The van der Waals surface area contributed by atoms with E-state index in [2.05, 4.69) is 0 Å². The molecule has 0 N–H and O–H groups in total. The third-order valence-corrected chi connectivity index (χ3v) is 3.78. The Labute approximate surface area is 152 Å². The van der Waals surface area contributed by atoms with Crippen LogP contribution in [0.25, 0.3) is 6.08 Å². The van der Waals surface area contributed by atoms with Gasteiger partial charge in [-0.15, -0.1) is 0 Å². The Morgan fingerprint density at radius 3 is 1.81 bits per heavy atom. The summed E-state index contributed by atoms with van der Waals surface area (Å²) in [7, 11) is 7.69. The van der Waals surface area contributed by atoms with Crippen molar-refractivity contribution in [3.63, 3.8) is 0 Å². The van der Waals surface area contributed by atoms with Crippen molar-refractivity contribution in [1.29, 1.82) is 0 Å². The van der Waals surface area contributed by atoms with Crippen LogP contribution >= 0.6 is 0 Å². The van der Waals surface area contributed by atoms with Gasteiger partial charge in [0.25, 0.3) is 0 Å². The molecule has 138 valence electrons. The van der Waals surface area contributed by atoms with Crippen molar-refractivity contribution in [2.24, 2.45) is 0 Å². The second kappa shape index (κ2) is 8.80. The lowest BCUT2D eigenvalue weighted by Gasteiger charge is -2.12. The van der Waals surface area contributed by atoms with Crippen molar-refractivity contribution >= 4 is 11.9 Å². The number of ketones is 1. The monoisotopic (exact) mass is 358 g/mol. The first-order valence-corrected chi connectivity index (χ1v) is 7.82. The summed E-state index contributed by atoms with van der Waals surface area (Å²) in [6, 6.07) is 8.54. The average Bonchev–Trinajstić information content (AvgIpc) is 2.70. The molecule has 6 heteroatoms. The molecule has 0 aromatic heterocycles. The van der Waals surface area contributed by atoms with E-state index in [-0.39, 0.29) is 5.78 Å². The van der Waals surface area contributed by atoms with Crippen LogP contribution < -0.4 is 23.7 Å². The minimum absolute atomic E-state index is 0.167. The number of carbonyl (C=O) groups excluding carboxylic acids is 1. The zero-order chi connectivity index (χ0) is 19.1. The molecule has 0 fully saturated rings. The molecular weight excluding hydrogens is 336 g/mol. The summed E-state index contributed by atoms with van der Waals surface area (Å²) in [6.07, 6.45) is 3.16. The molecule has 0 aliphatic heterocycles. The van der Waals surface area contributed by atoms with Crippen LogP contribution in [0.4, 0.5) is 0 Å². The lowest BCUT2D eigenvalue weighted by Crippen LogP contribution is -1.98. The Bertz CT molecular complexity index is 785. The Kier molecular flexibility index (Phi) is 6.49. The highest BCUT2D eigenvalue weighted by atomic mass is 16.5. The Morgan fingerprint density at radius 1 is 0.731 bits per heavy atom. The summed E-state index contributed by atoms with van der Waals surface area (Å²) in [5.41, 5.74) is 1.24. The molecule has 0 aliphatic rings. The van der Waals surface area contributed by atoms with E-state index >= 15 is 0 Å². The molecule has 2 aromatic rings. The van der Waals surface area contributed by atoms with Crippen LogP contribution in [0.1, 0.15) is 15.9 Å². The summed E-state index contributed by atoms with van der Waals surface area (Å²) in [6.45, 7) is 0. The molecule has 2 aromatic carbocycles. The van der Waals surface area contributed by atoms with Gasteiger partial charge in [-0.05, 0) is 42.0 Å². The Hall–Kier alpha value is -3.15. The number of allylic oxidation sites excluding steroid dienone is 1. The van der Waals surface area contributed by atoms with E-state index in [9.17, 15) is 4.79 Å². The van der Waals surface area contributed by atoms with Crippen molar-refractivity contribution in [3.05, 3.63) is 47.5 Å². The highest BCUT2D eigenvalue weighted by Gasteiger charge is 2.13. The first-order valence-electron chi connectivity index (χ1n) is 7.82. The van der Waals surface area contributed by atoms with Gasteiger partial charge in [-0.2, -0.15) is 0 Å². The van der Waals surface area contributed by atoms with E-state index < -0.39 is 0 Å². The number of hydrogen-bond acceptors (Lipinski definition) is 6. The molecule has 0 heterocycles. The molecule has 0 aliphatic carbocycles. The molecule has 0 amide bonds. The molecule has 6 nitrogen and oxygen atoms in total. The molecular formula is C20H22O6. The third kappa shape index (κ3) is 4.08. The summed E-state index contributed by atoms with van der Waals surface area (Å²) in [5, 5.41) is 0. The summed E-state index contributed by atoms with van der Waals surface area (Å²) < 4.78 is 26.3. The van der Waals surface area contributed by atoms with Gasteiger partial charge < -0.3 is 23.7 Å². The van der Waals surface area contributed by atoms with Gasteiger partial charge in [-0.3, -0.25) is 4.79 Å². The molecule has 0 bridgehead atoms. The van der Waals surface area contributed by atoms with Gasteiger partial charge in [0.15, 0.2) is 28.8 Å². The van der Waals surface area contributed by atoms with Gasteiger partial charge >= 0.3 is 0 Å². The first-order chi connectivity index (χ1) is 12.6. The molecule has 2 rings (SSSR count). The zero-order valence-electron chi connectivity index (χ0n) is 15.5. The average molecular weight is 358 g/mol. The Balaban J connectivity index is 2.30. The number of ether oxygens (including phenoxy) is 5. The van der Waals surface area contributed by atoms with E-state index in [0.29, 0.717) is 34.3 Å². The maximum atomic E-state index is 12.4. The predicted octanol–water partition coefficient (Wildman–Crippen LogP) is 3.63. The van der Waals surface area contributed by atoms with Gasteiger partial charge in [-0.25, -0.2) is 0 Å². The van der Waals surface area contributed by atoms with E-state index in [1.807, 2.05) is 0 Å². The van der Waals surface area contributed by atoms with Crippen molar-refractivity contribution in [1.82, 2.24) is 0 Å². The highest BCUT2D eigenvalue weighted by Crippen LogP contribution is 2.38. The van der Waals surface area contributed by atoms with Crippen LogP contribution in [0, 0.1) is 0 Å². The van der Waals surface area contributed by atoms with E-state index in [1.165, 1.54) is 20.3 Å². The van der Waals surface area contributed by atoms with E-state index in [4.69, 9.17) is 23.7 Å². The fraction of sp³-hybridized carbons (Fsp3) is 0.250. The number of rotatable bonds is 8. The van der Waals surface area contributed by atoms with Crippen LogP contribution in [0.5, 0.6) is 28.7 Å². The van der Waals surface area contributed by atoms with Crippen molar-refractivity contribution < 1.29 is 28.5 Å². The van der Waals surface area contributed by atoms with Crippen molar-refractivity contribution in [3.8, 4) is 28.7 Å². The van der Waals surface area contributed by atoms with Gasteiger partial charge in [0.05, 0.1) is 35.5 Å². The first kappa shape index (κ1) is 19.2. The fourth-order valence-corrected chi connectivity index (χ4v) is 2.46. The predicted molar refractivity (Wildman–Crippen MR) is 99.0 cm³/mol. The quantitative estimate of drug-likeness (QED) is 0.530. The van der Waals surface area contributed by atoms with Gasteiger partial charge in [0, 0.05) is 5.56 Å². The van der Waals surface area contributed by atoms with Gasteiger partial charge in [0.2, 0.25) is 5.75 Å². The van der Waals surface area contributed by atoms with Gasteiger partial charge in [-0.1, -0.05) is 6.08 Å². The number of hydrogen-bond donors (Lipinski definition) is 0. The summed E-state index contributed by atoms with van der Waals surface area (Å²) >= 11 is 0. The lowest BCUT2D eigenvalue weighted by atomic mass is 10.1. The maximum Gasteiger partial charge on any atom is 0.203 e. The van der Waals surface area contributed by atoms with E-state index in [0.717, 1.165) is 5.56 Å². The normalized spacial score (nSPS) is 10.5. The fourth-order valence-electron chi connectivity index (χ4n) is 2.46. The number of carbonyl (C=O) groups is 1. The van der Waals surface area contributed by atoms with E-state index in [1.54, 1.807) is 57.7 Å². The molecule has 0 saturated carbocycles. The molecule has 26 heavy (non-hydrogen) atoms. The van der Waals surface area contributed by atoms with Crippen LogP contribution in [0.15, 0.2) is 36.4 Å². The van der Waals surface area contributed by atoms with Crippen LogP contribution in [-0.2, 0) is 0 Å². The number of methoxy groups -OCH3 is 5.